The standard InChI is InChI=1S/C18H26N2O3.ClH/c1-18(2,13-6-7-15-16(9-13)23-11-22-15)10-20-17(21)12-4-3-5-14(19)8-12;/h6-7,9,12,14H,3-5,8,10-11,19H2,1-2H3,(H,20,21);1H. The molecule has 1 amide bonds. The molecule has 3 N–H and O–H groups in total. The van der Waals surface area contributed by atoms with Gasteiger partial charge < -0.3 is 20.5 Å². The highest BCUT2D eigenvalue weighted by Gasteiger charge is 2.28. The fourth-order valence-corrected chi connectivity index (χ4v) is 3.34. The number of ether oxygens (including phenoxy) is 2. The molecule has 0 saturated heterocycles. The zero-order chi connectivity index (χ0) is 16.4. The molecule has 1 fully saturated rings. The van der Waals surface area contributed by atoms with Crippen LogP contribution in [0.3, 0.4) is 0 Å². The fourth-order valence-electron chi connectivity index (χ4n) is 3.34. The van der Waals surface area contributed by atoms with Crippen LogP contribution in [0.15, 0.2) is 18.2 Å². The molecule has 0 spiro atoms. The zero-order valence-corrected chi connectivity index (χ0v) is 15.2. The molecule has 24 heavy (non-hydrogen) atoms. The van der Waals surface area contributed by atoms with Gasteiger partial charge in [-0.25, -0.2) is 0 Å². The highest BCUT2D eigenvalue weighted by molar-refractivity contribution is 5.85. The number of hydrogen-bond acceptors (Lipinski definition) is 4. The summed E-state index contributed by atoms with van der Waals surface area (Å²) in [5, 5.41) is 3.11. The number of nitrogens with two attached hydrogens (primary N) is 1. The molecule has 1 aliphatic carbocycles. The van der Waals surface area contributed by atoms with E-state index in [2.05, 4.69) is 19.2 Å². The van der Waals surface area contributed by atoms with Gasteiger partial charge in [-0.3, -0.25) is 4.79 Å². The third-order valence-corrected chi connectivity index (χ3v) is 4.94. The Labute approximate surface area is 149 Å². The molecular weight excluding hydrogens is 328 g/mol. The van der Waals surface area contributed by atoms with Crippen LogP contribution in [0.25, 0.3) is 0 Å². The molecule has 2 unspecified atom stereocenters. The van der Waals surface area contributed by atoms with Gasteiger partial charge >= 0.3 is 0 Å². The second-order valence-electron chi connectivity index (χ2n) is 7.29. The lowest BCUT2D eigenvalue weighted by Gasteiger charge is -2.29. The summed E-state index contributed by atoms with van der Waals surface area (Å²) in [5.41, 5.74) is 6.94. The zero-order valence-electron chi connectivity index (χ0n) is 14.3. The number of fused-ring (bicyclic) bond motifs is 1. The van der Waals surface area contributed by atoms with Gasteiger partial charge in [0.1, 0.15) is 0 Å². The highest BCUT2D eigenvalue weighted by atomic mass is 35.5. The molecule has 2 atom stereocenters. The van der Waals surface area contributed by atoms with Gasteiger partial charge in [0, 0.05) is 23.9 Å². The molecule has 1 aromatic rings. The molecule has 0 aromatic heterocycles. The first-order valence-corrected chi connectivity index (χ1v) is 8.39. The van der Waals surface area contributed by atoms with Crippen molar-refractivity contribution < 1.29 is 14.3 Å². The minimum atomic E-state index is -0.173. The lowest BCUT2D eigenvalue weighted by atomic mass is 9.83. The minimum Gasteiger partial charge on any atom is -0.454 e. The lowest BCUT2D eigenvalue weighted by molar-refractivity contribution is -0.126. The van der Waals surface area contributed by atoms with Crippen LogP contribution in [-0.2, 0) is 10.2 Å². The van der Waals surface area contributed by atoms with Crippen LogP contribution >= 0.6 is 12.4 Å². The number of benzene rings is 1. The monoisotopic (exact) mass is 354 g/mol. The molecule has 3 rings (SSSR count). The summed E-state index contributed by atoms with van der Waals surface area (Å²) in [7, 11) is 0. The molecule has 5 nitrogen and oxygen atoms in total. The number of carbonyl (C=O) groups is 1. The number of halogens is 1. The van der Waals surface area contributed by atoms with Gasteiger partial charge in [-0.15, -0.1) is 12.4 Å². The van der Waals surface area contributed by atoms with Crippen molar-refractivity contribution in [2.75, 3.05) is 13.3 Å². The van der Waals surface area contributed by atoms with Crippen molar-refractivity contribution in [3.63, 3.8) is 0 Å². The van der Waals surface area contributed by atoms with E-state index in [1.165, 1.54) is 0 Å². The van der Waals surface area contributed by atoms with Gasteiger partial charge in [0.15, 0.2) is 11.5 Å². The summed E-state index contributed by atoms with van der Waals surface area (Å²) in [6, 6.07) is 6.14. The molecule has 1 aliphatic heterocycles. The normalized spacial score (nSPS) is 22.6. The third-order valence-electron chi connectivity index (χ3n) is 4.94. The van der Waals surface area contributed by atoms with E-state index in [9.17, 15) is 4.79 Å². The Hall–Kier alpha value is -1.46. The van der Waals surface area contributed by atoms with E-state index < -0.39 is 0 Å². The molecule has 134 valence electrons. The summed E-state index contributed by atoms with van der Waals surface area (Å²) in [6.07, 6.45) is 3.83. The molecule has 1 heterocycles. The fraction of sp³-hybridized carbons (Fsp3) is 0.611. The van der Waals surface area contributed by atoms with Crippen molar-refractivity contribution in [2.24, 2.45) is 11.7 Å². The minimum absolute atomic E-state index is 0. The Morgan fingerprint density at radius 2 is 2.04 bits per heavy atom. The predicted octanol–water partition coefficient (Wildman–Crippen LogP) is 2.75. The summed E-state index contributed by atoms with van der Waals surface area (Å²) >= 11 is 0. The van der Waals surface area contributed by atoms with Crippen molar-refractivity contribution >= 4 is 18.3 Å². The van der Waals surface area contributed by atoms with Gasteiger partial charge in [-0.05, 0) is 37.0 Å². The van der Waals surface area contributed by atoms with Crippen molar-refractivity contribution in [2.45, 2.75) is 51.0 Å². The summed E-state index contributed by atoms with van der Waals surface area (Å²) in [5.74, 6) is 1.75. The summed E-state index contributed by atoms with van der Waals surface area (Å²) in [4.78, 5) is 12.4. The molecule has 1 aromatic carbocycles. The van der Waals surface area contributed by atoms with Crippen molar-refractivity contribution in [3.05, 3.63) is 23.8 Å². The molecular formula is C18H27ClN2O3. The Bertz CT molecular complexity index is 592. The average Bonchev–Trinajstić information content (AvgIpc) is 3.00. The van der Waals surface area contributed by atoms with Gasteiger partial charge in [0.2, 0.25) is 12.7 Å². The van der Waals surface area contributed by atoms with Crippen LogP contribution in [-0.4, -0.2) is 25.3 Å². The van der Waals surface area contributed by atoms with Crippen LogP contribution < -0.4 is 20.5 Å². The average molecular weight is 355 g/mol. The van der Waals surface area contributed by atoms with Crippen LogP contribution in [0.4, 0.5) is 0 Å². The maximum atomic E-state index is 12.4. The topological polar surface area (TPSA) is 73.6 Å². The van der Waals surface area contributed by atoms with E-state index in [-0.39, 0.29) is 42.5 Å². The second-order valence-corrected chi connectivity index (χ2v) is 7.29. The van der Waals surface area contributed by atoms with Gasteiger partial charge in [-0.2, -0.15) is 0 Å². The van der Waals surface area contributed by atoms with E-state index in [1.54, 1.807) is 0 Å². The van der Waals surface area contributed by atoms with Crippen molar-refractivity contribution in [1.29, 1.82) is 0 Å². The number of carbonyl (C=O) groups excluding carboxylic acids is 1. The summed E-state index contributed by atoms with van der Waals surface area (Å²) < 4.78 is 10.8. The van der Waals surface area contributed by atoms with E-state index in [4.69, 9.17) is 15.2 Å². The Morgan fingerprint density at radius 3 is 2.79 bits per heavy atom. The quantitative estimate of drug-likeness (QED) is 0.872. The van der Waals surface area contributed by atoms with E-state index in [0.29, 0.717) is 6.54 Å². The summed E-state index contributed by atoms with van der Waals surface area (Å²) in [6.45, 7) is 5.12. The predicted molar refractivity (Wildman–Crippen MR) is 95.8 cm³/mol. The molecule has 1 saturated carbocycles. The third kappa shape index (κ3) is 4.14. The molecule has 6 heteroatoms. The molecule has 0 radical (unpaired) electrons. The maximum Gasteiger partial charge on any atom is 0.231 e. The molecule has 0 bridgehead atoms. The largest absolute Gasteiger partial charge is 0.454 e. The van der Waals surface area contributed by atoms with Crippen LogP contribution in [0.2, 0.25) is 0 Å². The number of rotatable bonds is 4. The Balaban J connectivity index is 0.00000208. The van der Waals surface area contributed by atoms with Crippen LogP contribution in [0.5, 0.6) is 11.5 Å². The van der Waals surface area contributed by atoms with Gasteiger partial charge in [0.05, 0.1) is 0 Å². The smallest absolute Gasteiger partial charge is 0.231 e. The Kier molecular flexibility index (Phi) is 5.99. The number of nitrogens with one attached hydrogen (secondary N) is 1. The number of hydrogen-bond donors (Lipinski definition) is 2. The van der Waals surface area contributed by atoms with Crippen LogP contribution in [0, 0.1) is 5.92 Å². The Morgan fingerprint density at radius 1 is 1.29 bits per heavy atom. The first-order valence-electron chi connectivity index (χ1n) is 8.39. The second kappa shape index (κ2) is 7.62. The first-order chi connectivity index (χ1) is 11.0. The van der Waals surface area contributed by atoms with Gasteiger partial charge in [-0.1, -0.05) is 26.3 Å². The van der Waals surface area contributed by atoms with E-state index in [0.717, 1.165) is 42.7 Å². The van der Waals surface area contributed by atoms with E-state index >= 15 is 0 Å². The SMILES string of the molecule is CC(C)(CNC(=O)C1CCCC(N)C1)c1ccc2c(c1)OCO2.Cl. The maximum absolute atomic E-state index is 12.4. The van der Waals surface area contributed by atoms with Gasteiger partial charge in [0.25, 0.3) is 0 Å². The lowest BCUT2D eigenvalue weighted by Crippen LogP contribution is -2.42. The first kappa shape index (κ1) is 18.9. The van der Waals surface area contributed by atoms with Crippen molar-refractivity contribution in [1.82, 2.24) is 5.32 Å². The van der Waals surface area contributed by atoms with Crippen molar-refractivity contribution in [3.8, 4) is 11.5 Å². The van der Waals surface area contributed by atoms with E-state index in [1.807, 2.05) is 18.2 Å². The van der Waals surface area contributed by atoms with Crippen LogP contribution in [0.1, 0.15) is 45.1 Å². The molecule has 2 aliphatic rings. The number of amides is 1. The highest BCUT2D eigenvalue weighted by Crippen LogP contribution is 2.36.